The van der Waals surface area contributed by atoms with Crippen molar-refractivity contribution in [1.29, 1.82) is 0 Å². The van der Waals surface area contributed by atoms with Crippen molar-refractivity contribution in [2.45, 2.75) is 13.0 Å². The molecule has 1 fully saturated rings. The lowest BCUT2D eigenvalue weighted by molar-refractivity contribution is 0.0398. The number of hydrogen-bond acceptors (Lipinski definition) is 7. The summed E-state index contributed by atoms with van der Waals surface area (Å²) in [4.78, 5) is 25.4. The Morgan fingerprint density at radius 1 is 1.26 bits per heavy atom. The van der Waals surface area contributed by atoms with E-state index >= 15 is 0 Å². The first-order valence-corrected chi connectivity index (χ1v) is 11.9. The number of morpholine rings is 1. The Labute approximate surface area is 190 Å². The summed E-state index contributed by atoms with van der Waals surface area (Å²) >= 11 is 7.90. The first kappa shape index (κ1) is 20.9. The molecule has 2 aliphatic rings. The first-order chi connectivity index (χ1) is 15.1. The number of aromatic nitrogens is 2. The zero-order valence-corrected chi connectivity index (χ0v) is 19.1. The highest BCUT2D eigenvalue weighted by atomic mass is 35.5. The molecule has 0 unspecified atom stereocenters. The third-order valence-corrected chi connectivity index (χ3v) is 7.29. The fraction of sp³-hybridized carbons (Fsp3) is 0.455. The van der Waals surface area contributed by atoms with Crippen molar-refractivity contribution in [2.75, 3.05) is 58.3 Å². The standard InChI is InChI=1S/C22H26ClN5O2S/c1-26-7-5-17-18(14-26)31-20-19(17)21(29)28(16-4-2-3-15(23)13-16)22(25-20)24-6-8-27-9-11-30-12-10-27/h2-4,13H,5-12,14H2,1H3,(H,24,25). The molecule has 1 saturated heterocycles. The molecule has 1 aromatic carbocycles. The van der Waals surface area contributed by atoms with E-state index in [0.717, 1.165) is 73.8 Å². The number of halogens is 1. The summed E-state index contributed by atoms with van der Waals surface area (Å²) < 4.78 is 7.11. The number of thiophene rings is 1. The molecule has 0 atom stereocenters. The van der Waals surface area contributed by atoms with Crippen LogP contribution in [0.4, 0.5) is 5.95 Å². The van der Waals surface area contributed by atoms with E-state index in [1.54, 1.807) is 15.9 Å². The van der Waals surface area contributed by atoms with Crippen molar-refractivity contribution in [1.82, 2.24) is 19.4 Å². The maximum absolute atomic E-state index is 13.7. The Bertz CT molecular complexity index is 1150. The Hall–Kier alpha value is -1.97. The van der Waals surface area contributed by atoms with Gasteiger partial charge in [-0.15, -0.1) is 11.3 Å². The number of ether oxygens (including phenoxy) is 1. The fourth-order valence-electron chi connectivity index (χ4n) is 4.29. The number of nitrogens with one attached hydrogen (secondary N) is 1. The smallest absolute Gasteiger partial charge is 0.268 e. The normalized spacial score (nSPS) is 17.7. The summed E-state index contributed by atoms with van der Waals surface area (Å²) in [7, 11) is 2.11. The van der Waals surface area contributed by atoms with E-state index in [2.05, 4.69) is 22.2 Å². The molecule has 0 spiro atoms. The lowest BCUT2D eigenvalue weighted by Crippen LogP contribution is -2.39. The quantitative estimate of drug-likeness (QED) is 0.633. The van der Waals surface area contributed by atoms with Gasteiger partial charge in [-0.05, 0) is 37.2 Å². The van der Waals surface area contributed by atoms with E-state index in [1.165, 1.54) is 4.88 Å². The molecule has 4 heterocycles. The molecule has 0 amide bonds. The van der Waals surface area contributed by atoms with Gasteiger partial charge in [0, 0.05) is 49.2 Å². The molecule has 0 aliphatic carbocycles. The SMILES string of the molecule is CN1CCc2c(sc3nc(NCCN4CCOCC4)n(-c4cccc(Cl)c4)c(=O)c23)C1. The van der Waals surface area contributed by atoms with Gasteiger partial charge in [-0.1, -0.05) is 17.7 Å². The molecule has 2 aliphatic heterocycles. The van der Waals surface area contributed by atoms with Gasteiger partial charge in [0.25, 0.3) is 5.56 Å². The maximum atomic E-state index is 13.7. The minimum atomic E-state index is -0.0248. The monoisotopic (exact) mass is 459 g/mol. The lowest BCUT2D eigenvalue weighted by atomic mass is 10.1. The Morgan fingerprint density at radius 3 is 2.90 bits per heavy atom. The van der Waals surface area contributed by atoms with Gasteiger partial charge in [-0.2, -0.15) is 0 Å². The van der Waals surface area contributed by atoms with Gasteiger partial charge in [0.15, 0.2) is 0 Å². The van der Waals surface area contributed by atoms with Gasteiger partial charge >= 0.3 is 0 Å². The third-order valence-electron chi connectivity index (χ3n) is 5.95. The van der Waals surface area contributed by atoms with Crippen LogP contribution < -0.4 is 10.9 Å². The summed E-state index contributed by atoms with van der Waals surface area (Å²) in [6, 6.07) is 7.40. The first-order valence-electron chi connectivity index (χ1n) is 10.7. The molecule has 2 aromatic heterocycles. The lowest BCUT2D eigenvalue weighted by Gasteiger charge is -2.26. The van der Waals surface area contributed by atoms with Gasteiger partial charge in [0.05, 0.1) is 24.3 Å². The van der Waals surface area contributed by atoms with Gasteiger partial charge in [-0.3, -0.25) is 9.69 Å². The van der Waals surface area contributed by atoms with Crippen molar-refractivity contribution in [3.05, 3.63) is 50.1 Å². The van der Waals surface area contributed by atoms with Gasteiger partial charge < -0.3 is 15.0 Å². The third kappa shape index (κ3) is 4.23. The molecule has 0 radical (unpaired) electrons. The van der Waals surface area contributed by atoms with Crippen LogP contribution in [0.15, 0.2) is 29.1 Å². The van der Waals surface area contributed by atoms with E-state index in [0.29, 0.717) is 17.5 Å². The highest BCUT2D eigenvalue weighted by molar-refractivity contribution is 7.18. The topological polar surface area (TPSA) is 62.6 Å². The van der Waals surface area contributed by atoms with Crippen molar-refractivity contribution in [3.63, 3.8) is 0 Å². The zero-order chi connectivity index (χ0) is 21.4. The summed E-state index contributed by atoms with van der Waals surface area (Å²) in [5.74, 6) is 0.569. The average Bonchev–Trinajstić information content (AvgIpc) is 3.12. The van der Waals surface area contributed by atoms with E-state index in [9.17, 15) is 4.79 Å². The predicted octanol–water partition coefficient (Wildman–Crippen LogP) is 2.83. The summed E-state index contributed by atoms with van der Waals surface area (Å²) in [5.41, 5.74) is 1.86. The fourth-order valence-corrected chi connectivity index (χ4v) is 5.77. The number of rotatable bonds is 5. The molecular weight excluding hydrogens is 434 g/mol. The second-order valence-electron chi connectivity index (χ2n) is 8.11. The Kier molecular flexibility index (Phi) is 5.99. The van der Waals surface area contributed by atoms with Crippen LogP contribution in [0, 0.1) is 0 Å². The van der Waals surface area contributed by atoms with Crippen LogP contribution in [0.5, 0.6) is 0 Å². The molecule has 31 heavy (non-hydrogen) atoms. The van der Waals surface area contributed by atoms with Crippen LogP contribution in [-0.4, -0.2) is 72.3 Å². The zero-order valence-electron chi connectivity index (χ0n) is 17.6. The summed E-state index contributed by atoms with van der Waals surface area (Å²) in [5, 5.41) is 4.77. The van der Waals surface area contributed by atoms with Crippen LogP contribution in [0.2, 0.25) is 5.02 Å². The van der Waals surface area contributed by atoms with E-state index in [-0.39, 0.29) is 5.56 Å². The number of likely N-dealkylation sites (N-methyl/N-ethyl adjacent to an activating group) is 1. The van der Waals surface area contributed by atoms with Gasteiger partial charge in [-0.25, -0.2) is 9.55 Å². The Morgan fingerprint density at radius 2 is 2.10 bits per heavy atom. The maximum Gasteiger partial charge on any atom is 0.268 e. The molecule has 5 rings (SSSR count). The van der Waals surface area contributed by atoms with Crippen LogP contribution >= 0.6 is 22.9 Å². The number of nitrogens with zero attached hydrogens (tertiary/aromatic N) is 4. The minimum absolute atomic E-state index is 0.0248. The number of hydrogen-bond donors (Lipinski definition) is 1. The van der Waals surface area contributed by atoms with Crippen LogP contribution in [0.25, 0.3) is 15.9 Å². The molecule has 0 saturated carbocycles. The second-order valence-corrected chi connectivity index (χ2v) is 9.63. The van der Waals surface area contributed by atoms with Crippen molar-refractivity contribution in [3.8, 4) is 5.69 Å². The summed E-state index contributed by atoms with van der Waals surface area (Å²) in [6.45, 7) is 6.80. The van der Waals surface area contributed by atoms with Crippen LogP contribution in [-0.2, 0) is 17.7 Å². The molecule has 7 nitrogen and oxygen atoms in total. The molecule has 1 N–H and O–H groups in total. The number of anilines is 1. The summed E-state index contributed by atoms with van der Waals surface area (Å²) in [6.07, 6.45) is 0.877. The van der Waals surface area contributed by atoms with E-state index in [4.69, 9.17) is 21.3 Å². The molecule has 164 valence electrons. The van der Waals surface area contributed by atoms with Crippen LogP contribution in [0.3, 0.4) is 0 Å². The Balaban J connectivity index is 1.55. The van der Waals surface area contributed by atoms with Crippen molar-refractivity contribution in [2.24, 2.45) is 0 Å². The van der Waals surface area contributed by atoms with E-state index in [1.807, 2.05) is 24.3 Å². The molecule has 9 heteroatoms. The highest BCUT2D eigenvalue weighted by Gasteiger charge is 2.24. The van der Waals surface area contributed by atoms with Gasteiger partial charge in [0.2, 0.25) is 5.95 Å². The highest BCUT2D eigenvalue weighted by Crippen LogP contribution is 2.33. The molecular formula is C22H26ClN5O2S. The van der Waals surface area contributed by atoms with Gasteiger partial charge in [0.1, 0.15) is 4.83 Å². The molecule has 3 aromatic rings. The van der Waals surface area contributed by atoms with E-state index < -0.39 is 0 Å². The number of fused-ring (bicyclic) bond motifs is 3. The van der Waals surface area contributed by atoms with Crippen molar-refractivity contribution >= 4 is 39.1 Å². The van der Waals surface area contributed by atoms with Crippen LogP contribution in [0.1, 0.15) is 10.4 Å². The second kappa shape index (κ2) is 8.88. The minimum Gasteiger partial charge on any atom is -0.379 e. The largest absolute Gasteiger partial charge is 0.379 e. The average molecular weight is 460 g/mol. The number of benzene rings is 1. The molecule has 0 bridgehead atoms. The predicted molar refractivity (Wildman–Crippen MR) is 126 cm³/mol. The van der Waals surface area contributed by atoms with Crippen molar-refractivity contribution < 1.29 is 4.74 Å².